The molecule has 1 heterocycles. The average molecular weight is 405 g/mol. The van der Waals surface area contributed by atoms with Gasteiger partial charge in [0.1, 0.15) is 11.9 Å². The summed E-state index contributed by atoms with van der Waals surface area (Å²) in [6, 6.07) is 15.1. The summed E-state index contributed by atoms with van der Waals surface area (Å²) in [5, 5.41) is 3.45. The fraction of sp³-hybridized carbons (Fsp3) is 0.381. The van der Waals surface area contributed by atoms with Crippen LogP contribution >= 0.6 is 23.4 Å². The maximum atomic E-state index is 12.4. The largest absolute Gasteiger partial charge is 0.490 e. The smallest absolute Gasteiger partial charge is 0.237 e. The summed E-state index contributed by atoms with van der Waals surface area (Å²) < 4.78 is 6.05. The summed E-state index contributed by atoms with van der Waals surface area (Å²) in [6.07, 6.45) is 2.38. The Kier molecular flexibility index (Phi) is 7.05. The number of carbonyl (C=O) groups excluding carboxylic acids is 1. The van der Waals surface area contributed by atoms with Crippen LogP contribution in [0.1, 0.15) is 19.8 Å². The zero-order chi connectivity index (χ0) is 19.2. The van der Waals surface area contributed by atoms with Gasteiger partial charge in [-0.15, -0.1) is 11.8 Å². The van der Waals surface area contributed by atoms with Crippen LogP contribution in [0.3, 0.4) is 0 Å². The van der Waals surface area contributed by atoms with Crippen molar-refractivity contribution in [3.63, 3.8) is 0 Å². The summed E-state index contributed by atoms with van der Waals surface area (Å²) in [5.41, 5.74) is 0.777. The summed E-state index contributed by atoms with van der Waals surface area (Å²) in [4.78, 5) is 15.8. The van der Waals surface area contributed by atoms with Crippen LogP contribution in [0, 0.1) is 0 Å². The molecule has 144 valence electrons. The standard InChI is InChI=1S/C21H25ClN2O2S/c1-15(27-20-9-3-16(22)4-10-20)21(25)23-17-5-7-18(8-6-17)26-19-11-13-24(2)14-12-19/h3-10,15,19H,11-14H2,1-2H3,(H,23,25)/t15-/m0/s1. The third-order valence-corrected chi connectivity index (χ3v) is 5.95. The van der Waals surface area contributed by atoms with E-state index in [9.17, 15) is 4.79 Å². The monoisotopic (exact) mass is 404 g/mol. The lowest BCUT2D eigenvalue weighted by molar-refractivity contribution is -0.115. The van der Waals surface area contributed by atoms with Crippen LogP contribution in [0.5, 0.6) is 5.75 Å². The number of likely N-dealkylation sites (tertiary alicyclic amines) is 1. The van der Waals surface area contributed by atoms with Crippen LogP contribution in [0.2, 0.25) is 5.02 Å². The molecule has 1 aliphatic rings. The van der Waals surface area contributed by atoms with Crippen LogP contribution in [0.15, 0.2) is 53.4 Å². The molecule has 0 bridgehead atoms. The first-order valence-electron chi connectivity index (χ1n) is 9.18. The lowest BCUT2D eigenvalue weighted by Gasteiger charge is -2.29. The number of benzene rings is 2. The van der Waals surface area contributed by atoms with E-state index in [2.05, 4.69) is 17.3 Å². The highest BCUT2D eigenvalue weighted by Gasteiger charge is 2.18. The van der Waals surface area contributed by atoms with Gasteiger partial charge in [0.2, 0.25) is 5.91 Å². The topological polar surface area (TPSA) is 41.6 Å². The van der Waals surface area contributed by atoms with Crippen molar-refractivity contribution >= 4 is 35.0 Å². The first-order valence-corrected chi connectivity index (χ1v) is 10.4. The number of hydrogen-bond donors (Lipinski definition) is 1. The van der Waals surface area contributed by atoms with Gasteiger partial charge < -0.3 is 15.0 Å². The van der Waals surface area contributed by atoms with Gasteiger partial charge in [0.15, 0.2) is 0 Å². The fourth-order valence-corrected chi connectivity index (χ4v) is 3.92. The molecule has 1 fully saturated rings. The van der Waals surface area contributed by atoms with Gasteiger partial charge in [0.25, 0.3) is 0 Å². The van der Waals surface area contributed by atoms with Gasteiger partial charge >= 0.3 is 0 Å². The quantitative estimate of drug-likeness (QED) is 0.693. The lowest BCUT2D eigenvalue weighted by Crippen LogP contribution is -2.35. The number of amides is 1. The second-order valence-electron chi connectivity index (χ2n) is 6.85. The van der Waals surface area contributed by atoms with Crippen LogP contribution in [-0.2, 0) is 4.79 Å². The molecule has 1 N–H and O–H groups in total. The molecular formula is C21H25ClN2O2S. The molecule has 1 aliphatic heterocycles. The lowest BCUT2D eigenvalue weighted by atomic mass is 10.1. The zero-order valence-corrected chi connectivity index (χ0v) is 17.2. The summed E-state index contributed by atoms with van der Waals surface area (Å²) >= 11 is 7.40. The van der Waals surface area contributed by atoms with E-state index in [-0.39, 0.29) is 17.3 Å². The third-order valence-electron chi connectivity index (χ3n) is 4.59. The van der Waals surface area contributed by atoms with Crippen molar-refractivity contribution < 1.29 is 9.53 Å². The molecular weight excluding hydrogens is 380 g/mol. The van der Waals surface area contributed by atoms with Crippen LogP contribution < -0.4 is 10.1 Å². The molecule has 0 aliphatic carbocycles. The number of nitrogens with zero attached hydrogens (tertiary/aromatic N) is 1. The molecule has 0 spiro atoms. The van der Waals surface area contributed by atoms with Gasteiger partial charge in [-0.05, 0) is 75.3 Å². The van der Waals surface area contributed by atoms with E-state index in [1.165, 1.54) is 11.8 Å². The van der Waals surface area contributed by atoms with Crippen molar-refractivity contribution in [2.75, 3.05) is 25.5 Å². The number of thioether (sulfide) groups is 1. The normalized spacial score (nSPS) is 16.7. The molecule has 0 unspecified atom stereocenters. The van der Waals surface area contributed by atoms with Gasteiger partial charge in [-0.25, -0.2) is 0 Å². The molecule has 4 nitrogen and oxygen atoms in total. The minimum absolute atomic E-state index is 0.0288. The van der Waals surface area contributed by atoms with E-state index in [4.69, 9.17) is 16.3 Å². The molecule has 0 aromatic heterocycles. The minimum atomic E-state index is -0.207. The molecule has 2 aromatic carbocycles. The van der Waals surface area contributed by atoms with Crippen molar-refractivity contribution in [1.29, 1.82) is 0 Å². The Balaban J connectivity index is 1.49. The van der Waals surface area contributed by atoms with Crippen LogP contribution in [0.25, 0.3) is 0 Å². The van der Waals surface area contributed by atoms with Crippen LogP contribution in [0.4, 0.5) is 5.69 Å². The predicted octanol–water partition coefficient (Wildman–Crippen LogP) is 4.93. The molecule has 0 saturated carbocycles. The number of nitrogens with one attached hydrogen (secondary N) is 1. The highest BCUT2D eigenvalue weighted by Crippen LogP contribution is 2.26. The van der Waals surface area contributed by atoms with Gasteiger partial charge in [0, 0.05) is 28.7 Å². The zero-order valence-electron chi connectivity index (χ0n) is 15.7. The van der Waals surface area contributed by atoms with E-state index < -0.39 is 0 Å². The Morgan fingerprint density at radius 1 is 1.15 bits per heavy atom. The molecule has 6 heteroatoms. The second kappa shape index (κ2) is 9.49. The fourth-order valence-electron chi connectivity index (χ4n) is 2.93. The van der Waals surface area contributed by atoms with Gasteiger partial charge in [0.05, 0.1) is 5.25 Å². The van der Waals surface area contributed by atoms with Gasteiger partial charge in [-0.1, -0.05) is 11.6 Å². The maximum absolute atomic E-state index is 12.4. The SMILES string of the molecule is C[C@H](Sc1ccc(Cl)cc1)C(=O)Nc1ccc(OC2CCN(C)CC2)cc1. The van der Waals surface area contributed by atoms with E-state index in [0.717, 1.165) is 42.3 Å². The Morgan fingerprint density at radius 3 is 2.41 bits per heavy atom. The van der Waals surface area contributed by atoms with E-state index in [1.807, 2.05) is 55.5 Å². The van der Waals surface area contributed by atoms with Crippen LogP contribution in [-0.4, -0.2) is 42.3 Å². The molecule has 27 heavy (non-hydrogen) atoms. The van der Waals surface area contributed by atoms with Crippen molar-refractivity contribution in [1.82, 2.24) is 4.90 Å². The number of hydrogen-bond acceptors (Lipinski definition) is 4. The third kappa shape index (κ3) is 6.16. The van der Waals surface area contributed by atoms with Gasteiger partial charge in [-0.3, -0.25) is 4.79 Å². The van der Waals surface area contributed by atoms with Crippen molar-refractivity contribution in [3.05, 3.63) is 53.6 Å². The first-order chi connectivity index (χ1) is 13.0. The average Bonchev–Trinajstić information content (AvgIpc) is 2.67. The van der Waals surface area contributed by atoms with Gasteiger partial charge in [-0.2, -0.15) is 0 Å². The summed E-state index contributed by atoms with van der Waals surface area (Å²) in [5.74, 6) is 0.824. The van der Waals surface area contributed by atoms with Crippen molar-refractivity contribution in [3.8, 4) is 5.75 Å². The highest BCUT2D eigenvalue weighted by molar-refractivity contribution is 8.00. The Bertz CT molecular complexity index is 744. The maximum Gasteiger partial charge on any atom is 0.237 e. The van der Waals surface area contributed by atoms with E-state index >= 15 is 0 Å². The molecule has 1 atom stereocenters. The molecule has 1 saturated heterocycles. The molecule has 0 radical (unpaired) electrons. The number of halogens is 1. The number of rotatable bonds is 6. The Hall–Kier alpha value is -1.69. The Morgan fingerprint density at radius 2 is 1.78 bits per heavy atom. The summed E-state index contributed by atoms with van der Waals surface area (Å²) in [7, 11) is 2.14. The second-order valence-corrected chi connectivity index (χ2v) is 8.70. The predicted molar refractivity (Wildman–Crippen MR) is 113 cm³/mol. The molecule has 3 rings (SSSR count). The number of piperidine rings is 1. The number of carbonyl (C=O) groups is 1. The molecule has 2 aromatic rings. The first kappa shape index (κ1) is 20.1. The van der Waals surface area contributed by atoms with E-state index in [1.54, 1.807) is 0 Å². The van der Waals surface area contributed by atoms with E-state index in [0.29, 0.717) is 5.02 Å². The van der Waals surface area contributed by atoms with Crippen molar-refractivity contribution in [2.45, 2.75) is 36.0 Å². The van der Waals surface area contributed by atoms with Crippen molar-refractivity contribution in [2.24, 2.45) is 0 Å². The molecule has 1 amide bonds. The Labute approximate surface area is 170 Å². The highest BCUT2D eigenvalue weighted by atomic mass is 35.5. The summed E-state index contributed by atoms with van der Waals surface area (Å²) in [6.45, 7) is 4.04. The minimum Gasteiger partial charge on any atom is -0.490 e. The number of ether oxygens (including phenoxy) is 1. The number of anilines is 1.